The van der Waals surface area contributed by atoms with Crippen LogP contribution < -0.4 is 0 Å². The van der Waals surface area contributed by atoms with Gasteiger partial charge in [0, 0.05) is 34.2 Å². The summed E-state index contributed by atoms with van der Waals surface area (Å²) in [6.45, 7) is 0. The lowest BCUT2D eigenvalue weighted by molar-refractivity contribution is -0.143. The first-order chi connectivity index (χ1) is 12.0. The van der Waals surface area contributed by atoms with Gasteiger partial charge in [-0.25, -0.2) is 0 Å². The van der Waals surface area contributed by atoms with Crippen molar-refractivity contribution in [2.45, 2.75) is 6.42 Å². The van der Waals surface area contributed by atoms with Crippen LogP contribution in [-0.4, -0.2) is 23.4 Å². The molecule has 128 valence electrons. The molecule has 0 aliphatic carbocycles. The average molecular weight is 400 g/mol. The van der Waals surface area contributed by atoms with E-state index in [0.29, 0.717) is 12.0 Å². The number of benzene rings is 2. The van der Waals surface area contributed by atoms with Gasteiger partial charge in [-0.2, -0.15) is 0 Å². The number of aryl methyl sites for hydroxylation is 1. The first-order valence-electron chi connectivity index (χ1n) is 7.92. The van der Waals surface area contributed by atoms with E-state index in [2.05, 4.69) is 15.9 Å². The number of esters is 1. The summed E-state index contributed by atoms with van der Waals surface area (Å²) in [4.78, 5) is 25.2. The van der Waals surface area contributed by atoms with Crippen LogP contribution in [0.3, 0.4) is 0 Å². The van der Waals surface area contributed by atoms with Crippen LogP contribution in [0.15, 0.2) is 59.2 Å². The van der Waals surface area contributed by atoms with Gasteiger partial charge in [0.1, 0.15) is 5.92 Å². The van der Waals surface area contributed by atoms with E-state index in [1.54, 1.807) is 18.2 Å². The molecular weight excluding hydrogens is 382 g/mol. The van der Waals surface area contributed by atoms with Crippen molar-refractivity contribution in [2.24, 2.45) is 13.0 Å². The molecule has 1 unspecified atom stereocenters. The SMILES string of the molecule is COC(=O)C(Cc1cn(C)c2ccccc12)C(=O)c1cccc(Br)c1. The van der Waals surface area contributed by atoms with Crippen molar-refractivity contribution in [3.63, 3.8) is 0 Å². The van der Waals surface area contributed by atoms with E-state index in [0.717, 1.165) is 20.9 Å². The minimum absolute atomic E-state index is 0.235. The number of fused-ring (bicyclic) bond motifs is 1. The normalized spacial score (nSPS) is 12.1. The second-order valence-corrected chi connectivity index (χ2v) is 6.85. The summed E-state index contributed by atoms with van der Waals surface area (Å²) in [5.41, 5.74) is 2.51. The van der Waals surface area contributed by atoms with E-state index in [-0.39, 0.29) is 5.78 Å². The fraction of sp³-hybridized carbons (Fsp3) is 0.200. The number of ether oxygens (including phenoxy) is 1. The lowest BCUT2D eigenvalue weighted by atomic mass is 9.91. The topological polar surface area (TPSA) is 48.3 Å². The van der Waals surface area contributed by atoms with Gasteiger partial charge in [-0.3, -0.25) is 9.59 Å². The summed E-state index contributed by atoms with van der Waals surface area (Å²) in [6.07, 6.45) is 2.27. The van der Waals surface area contributed by atoms with Crippen LogP contribution in [-0.2, 0) is 23.0 Å². The van der Waals surface area contributed by atoms with Gasteiger partial charge in [0.25, 0.3) is 0 Å². The van der Waals surface area contributed by atoms with Gasteiger partial charge in [0.2, 0.25) is 0 Å². The first kappa shape index (κ1) is 17.4. The quantitative estimate of drug-likeness (QED) is 0.367. The van der Waals surface area contributed by atoms with E-state index in [9.17, 15) is 9.59 Å². The number of hydrogen-bond donors (Lipinski definition) is 0. The van der Waals surface area contributed by atoms with Crippen LogP contribution in [0.1, 0.15) is 15.9 Å². The zero-order valence-electron chi connectivity index (χ0n) is 14.0. The van der Waals surface area contributed by atoms with E-state index in [4.69, 9.17) is 4.74 Å². The Bertz CT molecular complexity index is 945. The van der Waals surface area contributed by atoms with E-state index in [1.165, 1.54) is 7.11 Å². The Morgan fingerprint density at radius 1 is 1.16 bits per heavy atom. The Hall–Kier alpha value is -2.40. The Morgan fingerprint density at radius 3 is 2.64 bits per heavy atom. The zero-order chi connectivity index (χ0) is 18.0. The Labute approximate surface area is 154 Å². The van der Waals surface area contributed by atoms with Gasteiger partial charge in [-0.05, 0) is 30.2 Å². The number of nitrogens with zero attached hydrogens (tertiary/aromatic N) is 1. The lowest BCUT2D eigenvalue weighted by Gasteiger charge is -2.13. The highest BCUT2D eigenvalue weighted by atomic mass is 79.9. The molecule has 0 aliphatic heterocycles. The molecule has 0 aliphatic rings. The minimum Gasteiger partial charge on any atom is -0.468 e. The van der Waals surface area contributed by atoms with Gasteiger partial charge in [0.15, 0.2) is 5.78 Å². The second-order valence-electron chi connectivity index (χ2n) is 5.94. The van der Waals surface area contributed by atoms with Crippen LogP contribution in [0.25, 0.3) is 10.9 Å². The molecule has 0 amide bonds. The van der Waals surface area contributed by atoms with Crippen molar-refractivity contribution in [1.29, 1.82) is 0 Å². The van der Waals surface area contributed by atoms with Crippen molar-refractivity contribution in [3.8, 4) is 0 Å². The summed E-state index contributed by atoms with van der Waals surface area (Å²) < 4.78 is 7.70. The maximum atomic E-state index is 12.9. The average Bonchev–Trinajstić information content (AvgIpc) is 2.94. The summed E-state index contributed by atoms with van der Waals surface area (Å²) in [6, 6.07) is 15.0. The third-order valence-corrected chi connectivity index (χ3v) is 4.81. The molecule has 0 saturated carbocycles. The largest absolute Gasteiger partial charge is 0.468 e. The lowest BCUT2D eigenvalue weighted by Crippen LogP contribution is -2.27. The molecule has 0 bridgehead atoms. The van der Waals surface area contributed by atoms with Gasteiger partial charge in [-0.1, -0.05) is 46.3 Å². The minimum atomic E-state index is -0.870. The third kappa shape index (κ3) is 3.51. The number of halogens is 1. The molecular formula is C20H18BrNO3. The predicted octanol–water partition coefficient (Wildman–Crippen LogP) is 4.16. The molecule has 1 heterocycles. The molecule has 0 radical (unpaired) electrons. The number of carbonyl (C=O) groups excluding carboxylic acids is 2. The smallest absolute Gasteiger partial charge is 0.316 e. The van der Waals surface area contributed by atoms with Crippen molar-refractivity contribution in [1.82, 2.24) is 4.57 Å². The fourth-order valence-corrected chi connectivity index (χ4v) is 3.48. The van der Waals surface area contributed by atoms with Crippen LogP contribution in [0.2, 0.25) is 0 Å². The second kappa shape index (κ2) is 7.23. The van der Waals surface area contributed by atoms with Crippen LogP contribution in [0.4, 0.5) is 0 Å². The fourth-order valence-electron chi connectivity index (χ4n) is 3.08. The summed E-state index contributed by atoms with van der Waals surface area (Å²) in [7, 11) is 3.27. The summed E-state index contributed by atoms with van der Waals surface area (Å²) in [5.74, 6) is -1.62. The number of rotatable bonds is 5. The number of carbonyl (C=O) groups is 2. The van der Waals surface area contributed by atoms with E-state index < -0.39 is 11.9 Å². The van der Waals surface area contributed by atoms with Crippen LogP contribution >= 0.6 is 15.9 Å². The first-order valence-corrected chi connectivity index (χ1v) is 8.71. The highest BCUT2D eigenvalue weighted by Gasteiger charge is 2.30. The monoisotopic (exact) mass is 399 g/mol. The molecule has 0 fully saturated rings. The number of para-hydroxylation sites is 1. The third-order valence-electron chi connectivity index (χ3n) is 4.31. The molecule has 1 atom stereocenters. The number of hydrogen-bond acceptors (Lipinski definition) is 3. The van der Waals surface area contributed by atoms with Crippen molar-refractivity contribution >= 4 is 38.6 Å². The molecule has 1 aromatic heterocycles. The Balaban J connectivity index is 1.99. The van der Waals surface area contributed by atoms with Crippen molar-refractivity contribution in [3.05, 3.63) is 70.3 Å². The Morgan fingerprint density at radius 2 is 1.92 bits per heavy atom. The van der Waals surface area contributed by atoms with Gasteiger partial charge in [0.05, 0.1) is 7.11 Å². The molecule has 5 heteroatoms. The maximum absolute atomic E-state index is 12.9. The molecule has 25 heavy (non-hydrogen) atoms. The van der Waals surface area contributed by atoms with Gasteiger partial charge in [-0.15, -0.1) is 0 Å². The molecule has 2 aromatic carbocycles. The van der Waals surface area contributed by atoms with Crippen molar-refractivity contribution < 1.29 is 14.3 Å². The van der Waals surface area contributed by atoms with E-state index in [1.807, 2.05) is 48.1 Å². The molecule has 0 spiro atoms. The number of Topliss-reactive ketones (excluding diaryl/α,β-unsaturated/α-hetero) is 1. The number of aromatic nitrogens is 1. The van der Waals surface area contributed by atoms with E-state index >= 15 is 0 Å². The van der Waals surface area contributed by atoms with Gasteiger partial charge < -0.3 is 9.30 Å². The number of methoxy groups -OCH3 is 1. The molecule has 0 N–H and O–H groups in total. The molecule has 0 saturated heterocycles. The van der Waals surface area contributed by atoms with Crippen LogP contribution in [0, 0.1) is 5.92 Å². The molecule has 3 aromatic rings. The molecule has 3 rings (SSSR count). The number of ketones is 1. The molecule has 4 nitrogen and oxygen atoms in total. The standard InChI is InChI=1S/C20H18BrNO3/c1-22-12-14(16-8-3-4-9-18(16)22)11-17(20(24)25-2)19(23)13-6-5-7-15(21)10-13/h3-10,12,17H,11H2,1-2H3. The summed E-state index contributed by atoms with van der Waals surface area (Å²) in [5, 5.41) is 1.04. The van der Waals surface area contributed by atoms with Crippen LogP contribution in [0.5, 0.6) is 0 Å². The zero-order valence-corrected chi connectivity index (χ0v) is 15.6. The Kier molecular flexibility index (Phi) is 5.04. The predicted molar refractivity (Wildman–Crippen MR) is 101 cm³/mol. The highest BCUT2D eigenvalue weighted by Crippen LogP contribution is 2.25. The highest BCUT2D eigenvalue weighted by molar-refractivity contribution is 9.10. The van der Waals surface area contributed by atoms with Crippen molar-refractivity contribution in [2.75, 3.05) is 7.11 Å². The summed E-state index contributed by atoms with van der Waals surface area (Å²) >= 11 is 3.36. The maximum Gasteiger partial charge on any atom is 0.316 e. The van der Waals surface area contributed by atoms with Gasteiger partial charge >= 0.3 is 5.97 Å².